The number of hydrogen-bond donors (Lipinski definition) is 1. The van der Waals surface area contributed by atoms with Gasteiger partial charge in [0.15, 0.2) is 0 Å². The number of hydrogen-bond acceptors (Lipinski definition) is 3. The minimum atomic E-state index is 0.747. The van der Waals surface area contributed by atoms with Gasteiger partial charge >= 0.3 is 0 Å². The van der Waals surface area contributed by atoms with E-state index in [1.54, 1.807) is 7.11 Å². The first-order chi connectivity index (χ1) is 7.72. The quantitative estimate of drug-likeness (QED) is 0.692. The Bertz CT molecular complexity index is 203. The van der Waals surface area contributed by atoms with Crippen molar-refractivity contribution < 1.29 is 4.74 Å². The summed E-state index contributed by atoms with van der Waals surface area (Å²) in [6.07, 6.45) is 2.51. The maximum Gasteiger partial charge on any atom is 0.0587 e. The number of piperidine rings is 1. The van der Waals surface area contributed by atoms with Gasteiger partial charge in [-0.1, -0.05) is 18.2 Å². The van der Waals surface area contributed by atoms with E-state index in [9.17, 15) is 0 Å². The Morgan fingerprint density at radius 2 is 2.19 bits per heavy atom. The lowest BCUT2D eigenvalue weighted by Gasteiger charge is -2.31. The second kappa shape index (κ2) is 8.07. The van der Waals surface area contributed by atoms with E-state index in [1.807, 2.05) is 0 Å². The molecule has 0 spiro atoms. The molecule has 94 valence electrons. The van der Waals surface area contributed by atoms with Crippen molar-refractivity contribution in [2.75, 3.05) is 46.4 Å². The van der Waals surface area contributed by atoms with E-state index in [0.29, 0.717) is 0 Å². The monoisotopic (exact) mass is 246 g/mol. The maximum absolute atomic E-state index is 5.80. The van der Waals surface area contributed by atoms with Gasteiger partial charge in [-0.3, -0.25) is 4.90 Å². The molecule has 0 aromatic rings. The molecule has 1 heterocycles. The van der Waals surface area contributed by atoms with Gasteiger partial charge in [-0.05, 0) is 38.4 Å². The van der Waals surface area contributed by atoms with Crippen LogP contribution >= 0.6 is 11.6 Å². The topological polar surface area (TPSA) is 24.5 Å². The second-order valence-corrected chi connectivity index (χ2v) is 4.97. The first-order valence-electron chi connectivity index (χ1n) is 5.97. The number of likely N-dealkylation sites (tertiary alicyclic amines) is 1. The summed E-state index contributed by atoms with van der Waals surface area (Å²) in [5.41, 5.74) is 0. The zero-order valence-electron chi connectivity index (χ0n) is 10.2. The van der Waals surface area contributed by atoms with Crippen molar-refractivity contribution in [3.8, 4) is 0 Å². The zero-order valence-corrected chi connectivity index (χ0v) is 10.9. The number of halogens is 1. The maximum atomic E-state index is 5.80. The molecule has 1 aliphatic heterocycles. The third kappa shape index (κ3) is 5.85. The standard InChI is InChI=1S/C12H23ClN2O/c1-11(13)10-15-6-3-12(4-7-15)9-14-5-8-16-2/h12,14H,1,3-10H2,2H3. The van der Waals surface area contributed by atoms with E-state index in [4.69, 9.17) is 16.3 Å². The van der Waals surface area contributed by atoms with Crippen LogP contribution in [0.15, 0.2) is 11.6 Å². The van der Waals surface area contributed by atoms with Gasteiger partial charge in [0.1, 0.15) is 0 Å². The SMILES string of the molecule is C=C(Cl)CN1CCC(CNCCOC)CC1. The van der Waals surface area contributed by atoms with Crippen LogP contribution in [0.3, 0.4) is 0 Å². The molecule has 1 fully saturated rings. The Balaban J connectivity index is 2.05. The second-order valence-electron chi connectivity index (χ2n) is 4.43. The summed E-state index contributed by atoms with van der Waals surface area (Å²) >= 11 is 5.80. The third-order valence-corrected chi connectivity index (χ3v) is 3.14. The minimum Gasteiger partial charge on any atom is -0.383 e. The average Bonchev–Trinajstić information content (AvgIpc) is 2.26. The van der Waals surface area contributed by atoms with Gasteiger partial charge in [0.2, 0.25) is 0 Å². The van der Waals surface area contributed by atoms with Gasteiger partial charge in [0, 0.05) is 25.2 Å². The molecular weight excluding hydrogens is 224 g/mol. The van der Waals surface area contributed by atoms with Crippen molar-refractivity contribution in [2.24, 2.45) is 5.92 Å². The molecule has 1 aliphatic rings. The molecule has 0 aliphatic carbocycles. The molecule has 0 aromatic heterocycles. The molecule has 0 atom stereocenters. The number of nitrogens with one attached hydrogen (secondary N) is 1. The lowest BCUT2D eigenvalue weighted by molar-refractivity contribution is 0.181. The van der Waals surface area contributed by atoms with Crippen LogP contribution in [0.25, 0.3) is 0 Å². The van der Waals surface area contributed by atoms with E-state index >= 15 is 0 Å². The predicted molar refractivity (Wildman–Crippen MR) is 68.9 cm³/mol. The summed E-state index contributed by atoms with van der Waals surface area (Å²) in [5.74, 6) is 0.802. The fraction of sp³-hybridized carbons (Fsp3) is 0.833. The molecule has 4 heteroatoms. The molecule has 3 nitrogen and oxygen atoms in total. The Labute approximate surface area is 104 Å². The molecule has 16 heavy (non-hydrogen) atoms. The fourth-order valence-corrected chi connectivity index (χ4v) is 2.24. The van der Waals surface area contributed by atoms with E-state index in [1.165, 1.54) is 12.8 Å². The highest BCUT2D eigenvalue weighted by molar-refractivity contribution is 6.29. The van der Waals surface area contributed by atoms with Gasteiger partial charge in [0.05, 0.1) is 6.61 Å². The van der Waals surface area contributed by atoms with Crippen LogP contribution in [0.1, 0.15) is 12.8 Å². The van der Waals surface area contributed by atoms with Crippen LogP contribution in [0.5, 0.6) is 0 Å². The van der Waals surface area contributed by atoms with Crippen LogP contribution in [-0.2, 0) is 4.74 Å². The Morgan fingerprint density at radius 1 is 1.50 bits per heavy atom. The minimum absolute atomic E-state index is 0.747. The molecule has 0 unspecified atom stereocenters. The lowest BCUT2D eigenvalue weighted by atomic mass is 9.97. The number of rotatable bonds is 7. The Morgan fingerprint density at radius 3 is 2.75 bits per heavy atom. The Hall–Kier alpha value is -0.0900. The highest BCUT2D eigenvalue weighted by Crippen LogP contribution is 2.17. The predicted octanol–water partition coefficient (Wildman–Crippen LogP) is 1.69. The summed E-state index contributed by atoms with van der Waals surface area (Å²) < 4.78 is 5.00. The molecule has 0 radical (unpaired) electrons. The van der Waals surface area contributed by atoms with Crippen LogP contribution in [0.4, 0.5) is 0 Å². The normalized spacial score (nSPS) is 18.9. The summed E-state index contributed by atoms with van der Waals surface area (Å²) in [6.45, 7) is 9.72. The largest absolute Gasteiger partial charge is 0.383 e. The van der Waals surface area contributed by atoms with Gasteiger partial charge in [-0.25, -0.2) is 0 Å². The fourth-order valence-electron chi connectivity index (χ4n) is 2.07. The van der Waals surface area contributed by atoms with Crippen LogP contribution < -0.4 is 5.32 Å². The highest BCUT2D eigenvalue weighted by Gasteiger charge is 2.18. The van der Waals surface area contributed by atoms with E-state index in [-0.39, 0.29) is 0 Å². The molecule has 0 bridgehead atoms. The third-order valence-electron chi connectivity index (χ3n) is 3.02. The molecule has 0 amide bonds. The molecule has 0 saturated carbocycles. The summed E-state index contributed by atoms with van der Waals surface area (Å²) in [7, 11) is 1.74. The summed E-state index contributed by atoms with van der Waals surface area (Å²) in [6, 6.07) is 0. The first-order valence-corrected chi connectivity index (χ1v) is 6.35. The van der Waals surface area contributed by atoms with Gasteiger partial charge in [-0.2, -0.15) is 0 Å². The lowest BCUT2D eigenvalue weighted by Crippen LogP contribution is -2.38. The molecule has 1 saturated heterocycles. The van der Waals surface area contributed by atoms with Crippen LogP contribution in [-0.4, -0.2) is 51.3 Å². The van der Waals surface area contributed by atoms with E-state index in [0.717, 1.165) is 50.3 Å². The molecular formula is C12H23ClN2O. The summed E-state index contributed by atoms with van der Waals surface area (Å²) in [4.78, 5) is 2.38. The van der Waals surface area contributed by atoms with Crippen molar-refractivity contribution in [2.45, 2.75) is 12.8 Å². The molecule has 1 N–H and O–H groups in total. The molecule has 1 rings (SSSR count). The van der Waals surface area contributed by atoms with Crippen molar-refractivity contribution in [1.82, 2.24) is 10.2 Å². The average molecular weight is 247 g/mol. The smallest absolute Gasteiger partial charge is 0.0587 e. The van der Waals surface area contributed by atoms with E-state index in [2.05, 4.69) is 16.8 Å². The number of ether oxygens (including phenoxy) is 1. The van der Waals surface area contributed by atoms with Crippen molar-refractivity contribution in [3.05, 3.63) is 11.6 Å². The van der Waals surface area contributed by atoms with Gasteiger partial charge in [-0.15, -0.1) is 0 Å². The van der Waals surface area contributed by atoms with Crippen molar-refractivity contribution >= 4 is 11.6 Å². The Kier molecular flexibility index (Phi) is 7.05. The van der Waals surface area contributed by atoms with Crippen molar-refractivity contribution in [3.63, 3.8) is 0 Å². The number of nitrogens with zero attached hydrogens (tertiary/aromatic N) is 1. The van der Waals surface area contributed by atoms with Crippen LogP contribution in [0.2, 0.25) is 0 Å². The first kappa shape index (κ1) is 14.0. The number of methoxy groups -OCH3 is 1. The molecule has 0 aromatic carbocycles. The van der Waals surface area contributed by atoms with E-state index < -0.39 is 0 Å². The van der Waals surface area contributed by atoms with Crippen molar-refractivity contribution in [1.29, 1.82) is 0 Å². The van der Waals surface area contributed by atoms with Crippen LogP contribution in [0, 0.1) is 5.92 Å². The highest BCUT2D eigenvalue weighted by atomic mass is 35.5. The van der Waals surface area contributed by atoms with Gasteiger partial charge in [0.25, 0.3) is 0 Å². The summed E-state index contributed by atoms with van der Waals surface area (Å²) in [5, 5.41) is 4.17. The van der Waals surface area contributed by atoms with Gasteiger partial charge < -0.3 is 10.1 Å². The zero-order chi connectivity index (χ0) is 11.8.